The SMILES string of the molecule is CCCC[Si-](C)(C)O[Si](C)(C)C. The lowest BCUT2D eigenvalue weighted by molar-refractivity contribution is 0.543. The molecular weight excluding hydrogens is 180 g/mol. The minimum absolute atomic E-state index is 1.28. The molecule has 0 spiro atoms. The second kappa shape index (κ2) is 4.58. The molecule has 0 saturated carbocycles. The lowest BCUT2D eigenvalue weighted by Gasteiger charge is -2.43. The van der Waals surface area contributed by atoms with Gasteiger partial charge in [-0.05, 0) is 28.0 Å². The minimum atomic E-state index is -1.30. The summed E-state index contributed by atoms with van der Waals surface area (Å²) in [5.74, 6) is 0. The Labute approximate surface area is 79.8 Å². The summed E-state index contributed by atoms with van der Waals surface area (Å²) in [5, 5.41) is 0. The average Bonchev–Trinajstić information content (AvgIpc) is 1.78. The molecule has 0 unspecified atom stereocenters. The maximum atomic E-state index is 6.20. The first-order chi connectivity index (χ1) is 5.27. The second-order valence-electron chi connectivity index (χ2n) is 5.08. The Balaban J connectivity index is 3.86. The van der Waals surface area contributed by atoms with Crippen molar-refractivity contribution in [2.75, 3.05) is 0 Å². The summed E-state index contributed by atoms with van der Waals surface area (Å²) in [6, 6.07) is 1.33. The Bertz CT molecular complexity index is 127. The Kier molecular flexibility index (Phi) is 4.73. The molecule has 0 bridgehead atoms. The molecule has 0 N–H and O–H groups in total. The van der Waals surface area contributed by atoms with Crippen molar-refractivity contribution in [2.45, 2.75) is 58.5 Å². The monoisotopic (exact) mass is 204 g/mol. The second-order valence-corrected chi connectivity index (χ2v) is 14.1. The van der Waals surface area contributed by atoms with Gasteiger partial charge in [-0.2, -0.15) is 0 Å². The van der Waals surface area contributed by atoms with Gasteiger partial charge in [0.15, 0.2) is 0 Å². The Morgan fingerprint density at radius 1 is 1.17 bits per heavy atom. The molecule has 0 atom stereocenters. The van der Waals surface area contributed by atoms with Gasteiger partial charge in [0.1, 0.15) is 8.32 Å². The van der Waals surface area contributed by atoms with E-state index in [0.29, 0.717) is 0 Å². The topological polar surface area (TPSA) is 9.23 Å². The summed E-state index contributed by atoms with van der Waals surface area (Å²) in [7, 11) is -2.58. The van der Waals surface area contributed by atoms with Crippen LogP contribution in [0.1, 0.15) is 19.8 Å². The summed E-state index contributed by atoms with van der Waals surface area (Å²) in [4.78, 5) is 0. The summed E-state index contributed by atoms with van der Waals surface area (Å²) in [6.07, 6.45) is 2.63. The molecule has 1 nitrogen and oxygen atoms in total. The average molecular weight is 204 g/mol. The van der Waals surface area contributed by atoms with Crippen molar-refractivity contribution in [3.05, 3.63) is 0 Å². The van der Waals surface area contributed by atoms with Crippen molar-refractivity contribution in [3.8, 4) is 0 Å². The van der Waals surface area contributed by atoms with E-state index in [2.05, 4.69) is 39.7 Å². The van der Waals surface area contributed by atoms with E-state index in [1.165, 1.54) is 18.9 Å². The standard InChI is InChI=1S/C9H24OSi2/c1-7-8-9-12(5,6)10-11(2,3)4/h7-9H2,1-6H3/q-1. The highest BCUT2D eigenvalue weighted by molar-refractivity contribution is 6.84. The van der Waals surface area contributed by atoms with Crippen LogP contribution in [0.5, 0.6) is 0 Å². The molecule has 0 fully saturated rings. The van der Waals surface area contributed by atoms with Gasteiger partial charge in [0.25, 0.3) is 0 Å². The molecule has 0 aliphatic heterocycles. The zero-order valence-corrected chi connectivity index (χ0v) is 11.5. The fraction of sp³-hybridized carbons (Fsp3) is 1.00. The van der Waals surface area contributed by atoms with Crippen LogP contribution in [0.4, 0.5) is 0 Å². The third-order valence-corrected chi connectivity index (χ3v) is 7.93. The lowest BCUT2D eigenvalue weighted by Crippen LogP contribution is -2.42. The Hall–Kier alpha value is 0.394. The first kappa shape index (κ1) is 12.4. The molecule has 0 aromatic rings. The predicted octanol–water partition coefficient (Wildman–Crippen LogP) is 3.84. The largest absolute Gasteiger partial charge is 0.610 e. The van der Waals surface area contributed by atoms with Gasteiger partial charge in [-0.3, -0.25) is 0 Å². The van der Waals surface area contributed by atoms with Crippen LogP contribution in [0.3, 0.4) is 0 Å². The molecule has 0 heterocycles. The molecule has 3 heteroatoms. The molecule has 75 valence electrons. The highest BCUT2D eigenvalue weighted by Gasteiger charge is 2.18. The molecule has 12 heavy (non-hydrogen) atoms. The smallest absolute Gasteiger partial charge is 0.140 e. The van der Waals surface area contributed by atoms with Crippen LogP contribution in [-0.2, 0) is 4.12 Å². The molecule has 0 radical (unpaired) electrons. The number of rotatable bonds is 5. The van der Waals surface area contributed by atoms with Crippen LogP contribution in [0.25, 0.3) is 0 Å². The molecule has 0 amide bonds. The van der Waals surface area contributed by atoms with Crippen molar-refractivity contribution in [1.82, 2.24) is 0 Å². The first-order valence-corrected chi connectivity index (χ1v) is 11.5. The maximum absolute atomic E-state index is 6.20. The van der Waals surface area contributed by atoms with Crippen LogP contribution in [-0.4, -0.2) is 16.6 Å². The lowest BCUT2D eigenvalue weighted by atomic mass is 10.4. The van der Waals surface area contributed by atoms with E-state index in [0.717, 1.165) is 0 Å². The van der Waals surface area contributed by atoms with E-state index in [1.54, 1.807) is 0 Å². The van der Waals surface area contributed by atoms with Gasteiger partial charge in [0, 0.05) is 0 Å². The molecule has 0 aliphatic rings. The molecule has 0 saturated heterocycles. The summed E-state index contributed by atoms with van der Waals surface area (Å²) < 4.78 is 6.20. The van der Waals surface area contributed by atoms with Crippen molar-refractivity contribution >= 4 is 16.6 Å². The number of hydrogen-bond donors (Lipinski definition) is 0. The van der Waals surface area contributed by atoms with Crippen molar-refractivity contribution in [1.29, 1.82) is 0 Å². The fourth-order valence-corrected chi connectivity index (χ4v) is 9.73. The fourth-order valence-electron chi connectivity index (χ4n) is 1.48. The molecule has 0 aromatic carbocycles. The van der Waals surface area contributed by atoms with E-state index >= 15 is 0 Å². The summed E-state index contributed by atoms with van der Waals surface area (Å²) >= 11 is 0. The molecular formula is C9H24OSi2-. The number of hydrogen-bond acceptors (Lipinski definition) is 1. The van der Waals surface area contributed by atoms with E-state index in [9.17, 15) is 0 Å². The van der Waals surface area contributed by atoms with Gasteiger partial charge in [0.2, 0.25) is 0 Å². The predicted molar refractivity (Wildman–Crippen MR) is 61.6 cm³/mol. The third kappa shape index (κ3) is 7.07. The van der Waals surface area contributed by atoms with Crippen LogP contribution in [0, 0.1) is 0 Å². The van der Waals surface area contributed by atoms with Crippen LogP contribution < -0.4 is 0 Å². The number of unbranched alkanes of at least 4 members (excludes halogenated alkanes) is 1. The maximum Gasteiger partial charge on any atom is 0.140 e. The van der Waals surface area contributed by atoms with Crippen LogP contribution in [0.15, 0.2) is 0 Å². The van der Waals surface area contributed by atoms with E-state index in [-0.39, 0.29) is 0 Å². The molecule has 0 rings (SSSR count). The van der Waals surface area contributed by atoms with Crippen molar-refractivity contribution in [2.24, 2.45) is 0 Å². The molecule has 0 aromatic heterocycles. The summed E-state index contributed by atoms with van der Waals surface area (Å²) in [6.45, 7) is 13.8. The van der Waals surface area contributed by atoms with E-state index in [4.69, 9.17) is 4.12 Å². The third-order valence-electron chi connectivity index (χ3n) is 1.71. The highest BCUT2D eigenvalue weighted by Crippen LogP contribution is 2.20. The summed E-state index contributed by atoms with van der Waals surface area (Å²) in [5.41, 5.74) is 0. The van der Waals surface area contributed by atoms with Crippen LogP contribution >= 0.6 is 0 Å². The van der Waals surface area contributed by atoms with Gasteiger partial charge in [-0.1, -0.05) is 19.8 Å². The van der Waals surface area contributed by atoms with Gasteiger partial charge in [-0.25, -0.2) is 0 Å². The van der Waals surface area contributed by atoms with Crippen molar-refractivity contribution in [3.63, 3.8) is 0 Å². The van der Waals surface area contributed by atoms with Gasteiger partial charge in [-0.15, -0.1) is 19.1 Å². The normalized spacial score (nSPS) is 13.5. The Morgan fingerprint density at radius 3 is 2.00 bits per heavy atom. The van der Waals surface area contributed by atoms with Crippen LogP contribution in [0.2, 0.25) is 38.8 Å². The zero-order chi connectivity index (χ0) is 9.83. The van der Waals surface area contributed by atoms with Gasteiger partial charge >= 0.3 is 0 Å². The van der Waals surface area contributed by atoms with E-state index in [1.807, 2.05) is 0 Å². The molecule has 0 aliphatic carbocycles. The quantitative estimate of drug-likeness (QED) is 0.618. The van der Waals surface area contributed by atoms with Gasteiger partial charge < -0.3 is 4.12 Å². The zero-order valence-electron chi connectivity index (χ0n) is 9.53. The van der Waals surface area contributed by atoms with Crippen molar-refractivity contribution < 1.29 is 4.12 Å². The minimum Gasteiger partial charge on any atom is -0.610 e. The van der Waals surface area contributed by atoms with Gasteiger partial charge in [0.05, 0.1) is 0 Å². The first-order valence-electron chi connectivity index (χ1n) is 4.97. The highest BCUT2D eigenvalue weighted by atomic mass is 28.4. The van der Waals surface area contributed by atoms with E-state index < -0.39 is 16.6 Å². The Morgan fingerprint density at radius 2 is 1.67 bits per heavy atom.